The molecular weight excluding hydrogens is 312 g/mol. The van der Waals surface area contributed by atoms with Crippen LogP contribution in [0.3, 0.4) is 0 Å². The number of hydrogen-bond acceptors (Lipinski definition) is 1. The Morgan fingerprint density at radius 1 is 1.36 bits per heavy atom. The minimum absolute atomic E-state index is 0. The van der Waals surface area contributed by atoms with Gasteiger partial charge in [0, 0.05) is 27.5 Å². The summed E-state index contributed by atoms with van der Waals surface area (Å²) in [5.41, 5.74) is 0. The van der Waals surface area contributed by atoms with Crippen LogP contribution in [0.2, 0.25) is 0 Å². The Balaban J connectivity index is 0. The first kappa shape index (κ1) is 13.7. The quantitative estimate of drug-likeness (QED) is 0.787. The smallest absolute Gasteiger partial charge is 0.303 e. The Bertz CT molecular complexity index is 102. The van der Waals surface area contributed by atoms with E-state index in [1.54, 1.807) is 0 Å². The maximum absolute atomic E-state index is 10.0. The average molecular weight is 328 g/mol. The summed E-state index contributed by atoms with van der Waals surface area (Å²) in [7, 11) is 0. The summed E-state index contributed by atoms with van der Waals surface area (Å²) in [6, 6.07) is 0. The van der Waals surface area contributed by atoms with Crippen LogP contribution >= 0.6 is 0 Å². The Hall–Kier alpha value is 0.158. The molecule has 0 aliphatic rings. The maximum atomic E-state index is 10.0. The molecule has 0 saturated heterocycles. The molecule has 0 bridgehead atoms. The van der Waals surface area contributed by atoms with Gasteiger partial charge in [0.05, 0.1) is 0 Å². The Morgan fingerprint density at radius 3 is 2.27 bits per heavy atom. The molecule has 2 nitrogen and oxygen atoms in total. The second-order valence-corrected chi connectivity index (χ2v) is 3.03. The van der Waals surface area contributed by atoms with E-state index in [0.29, 0.717) is 12.3 Å². The molecule has 0 aliphatic heterocycles. The first-order valence-corrected chi connectivity index (χ1v) is 3.84. The van der Waals surface area contributed by atoms with Crippen molar-refractivity contribution in [3.05, 3.63) is 0 Å². The van der Waals surface area contributed by atoms with Gasteiger partial charge >= 0.3 is 5.97 Å². The van der Waals surface area contributed by atoms with Gasteiger partial charge in [0.25, 0.3) is 0 Å². The number of unbranched alkanes of at least 4 members (excludes halogenated alkanes) is 1. The van der Waals surface area contributed by atoms with Gasteiger partial charge in [-0.25, -0.2) is 0 Å². The van der Waals surface area contributed by atoms with Gasteiger partial charge in [-0.2, -0.15) is 0 Å². The summed E-state index contributed by atoms with van der Waals surface area (Å²) in [6.45, 7) is 4.31. The zero-order chi connectivity index (χ0) is 7.98. The van der Waals surface area contributed by atoms with Crippen LogP contribution in [0.15, 0.2) is 0 Å². The summed E-state index contributed by atoms with van der Waals surface area (Å²) >= 11 is 0. The summed E-state index contributed by atoms with van der Waals surface area (Å²) < 4.78 is 0. The Kier molecular flexibility index (Phi) is 10.3. The largest absolute Gasteiger partial charge is 0.481 e. The van der Waals surface area contributed by atoms with Gasteiger partial charge in [0.2, 0.25) is 0 Å². The van der Waals surface area contributed by atoms with Crippen LogP contribution in [-0.2, 0) is 25.9 Å². The van der Waals surface area contributed by atoms with Gasteiger partial charge in [0.1, 0.15) is 0 Å². The molecule has 0 heterocycles. The van der Waals surface area contributed by atoms with Gasteiger partial charge in [-0.05, 0) is 12.3 Å². The molecule has 3 heteroatoms. The van der Waals surface area contributed by atoms with Gasteiger partial charge in [-0.1, -0.05) is 26.7 Å². The monoisotopic (exact) mass is 328 g/mol. The molecule has 0 aliphatic carbocycles. The average Bonchev–Trinajstić information content (AvgIpc) is 1.79. The summed E-state index contributed by atoms with van der Waals surface area (Å²) in [6.07, 6.45) is 3.34. The first-order chi connectivity index (χ1) is 4.63. The molecule has 0 aromatic rings. The van der Waals surface area contributed by atoms with Crippen LogP contribution in [-0.4, -0.2) is 11.1 Å². The molecule has 11 heavy (non-hydrogen) atoms. The topological polar surface area (TPSA) is 37.3 Å². The SMILES string of the molecule is CC(C)CCCCC(=O)O.[W]. The van der Waals surface area contributed by atoms with E-state index in [4.69, 9.17) is 5.11 Å². The van der Waals surface area contributed by atoms with E-state index >= 15 is 0 Å². The molecule has 0 amide bonds. The fraction of sp³-hybridized carbons (Fsp3) is 0.875. The van der Waals surface area contributed by atoms with Crippen LogP contribution in [0, 0.1) is 5.92 Å². The molecule has 0 radical (unpaired) electrons. The molecule has 0 aromatic carbocycles. The van der Waals surface area contributed by atoms with Crippen molar-refractivity contribution < 1.29 is 31.0 Å². The standard InChI is InChI=1S/C8H16O2.W/c1-7(2)5-3-4-6-8(9)10;/h7H,3-6H2,1-2H3,(H,9,10);. The third kappa shape index (κ3) is 13.2. The number of rotatable bonds is 5. The van der Waals surface area contributed by atoms with E-state index in [1.807, 2.05) is 0 Å². The van der Waals surface area contributed by atoms with Crippen molar-refractivity contribution in [1.82, 2.24) is 0 Å². The molecular formula is C8H16O2W. The molecule has 1 N–H and O–H groups in total. The summed E-state index contributed by atoms with van der Waals surface area (Å²) in [4.78, 5) is 10.0. The van der Waals surface area contributed by atoms with Gasteiger partial charge < -0.3 is 5.11 Å². The molecule has 0 fully saturated rings. The third-order valence-electron chi connectivity index (χ3n) is 1.42. The van der Waals surface area contributed by atoms with E-state index < -0.39 is 5.97 Å². The predicted octanol–water partition coefficient (Wildman–Crippen LogP) is 2.28. The molecule has 0 atom stereocenters. The maximum Gasteiger partial charge on any atom is 0.303 e. The Morgan fingerprint density at radius 2 is 1.91 bits per heavy atom. The van der Waals surface area contributed by atoms with E-state index in [-0.39, 0.29) is 21.1 Å². The number of hydrogen-bond donors (Lipinski definition) is 1. The van der Waals surface area contributed by atoms with Crippen LogP contribution in [0.5, 0.6) is 0 Å². The van der Waals surface area contributed by atoms with E-state index in [0.717, 1.165) is 19.3 Å². The summed E-state index contributed by atoms with van der Waals surface area (Å²) in [5, 5.41) is 8.28. The van der Waals surface area contributed by atoms with Crippen LogP contribution in [0.4, 0.5) is 0 Å². The number of carboxylic acid groups (broad SMARTS) is 1. The zero-order valence-electron chi connectivity index (χ0n) is 7.17. The van der Waals surface area contributed by atoms with Crippen LogP contribution < -0.4 is 0 Å². The van der Waals surface area contributed by atoms with Crippen molar-refractivity contribution in [3.63, 3.8) is 0 Å². The van der Waals surface area contributed by atoms with Crippen molar-refractivity contribution in [3.8, 4) is 0 Å². The van der Waals surface area contributed by atoms with Crippen LogP contribution in [0.25, 0.3) is 0 Å². The van der Waals surface area contributed by atoms with Crippen molar-refractivity contribution in [1.29, 1.82) is 0 Å². The predicted molar refractivity (Wildman–Crippen MR) is 40.9 cm³/mol. The molecule has 0 spiro atoms. The van der Waals surface area contributed by atoms with E-state index in [1.165, 1.54) is 0 Å². The fourth-order valence-electron chi connectivity index (χ4n) is 0.829. The van der Waals surface area contributed by atoms with E-state index in [2.05, 4.69) is 13.8 Å². The third-order valence-corrected chi connectivity index (χ3v) is 1.42. The van der Waals surface area contributed by atoms with Crippen molar-refractivity contribution >= 4 is 5.97 Å². The second kappa shape index (κ2) is 8.26. The van der Waals surface area contributed by atoms with Gasteiger partial charge in [0.15, 0.2) is 0 Å². The van der Waals surface area contributed by atoms with Gasteiger partial charge in [-0.15, -0.1) is 0 Å². The number of carbonyl (C=O) groups is 1. The minimum atomic E-state index is -0.677. The summed E-state index contributed by atoms with van der Waals surface area (Å²) in [5.74, 6) is 0.0255. The second-order valence-electron chi connectivity index (χ2n) is 3.03. The number of carboxylic acids is 1. The number of aliphatic carboxylic acids is 1. The zero-order valence-corrected chi connectivity index (χ0v) is 10.1. The molecule has 0 rings (SSSR count). The molecule has 0 saturated carbocycles. The van der Waals surface area contributed by atoms with Gasteiger partial charge in [-0.3, -0.25) is 4.79 Å². The van der Waals surface area contributed by atoms with E-state index in [9.17, 15) is 4.79 Å². The molecule has 66 valence electrons. The Labute approximate surface area is 82.6 Å². The molecule has 0 aromatic heterocycles. The normalized spacial score (nSPS) is 9.36. The fourth-order valence-corrected chi connectivity index (χ4v) is 0.829. The first-order valence-electron chi connectivity index (χ1n) is 3.84. The van der Waals surface area contributed by atoms with Crippen molar-refractivity contribution in [2.45, 2.75) is 39.5 Å². The minimum Gasteiger partial charge on any atom is -0.481 e. The van der Waals surface area contributed by atoms with Crippen molar-refractivity contribution in [2.24, 2.45) is 5.92 Å². The van der Waals surface area contributed by atoms with Crippen molar-refractivity contribution in [2.75, 3.05) is 0 Å². The van der Waals surface area contributed by atoms with Crippen LogP contribution in [0.1, 0.15) is 39.5 Å². The molecule has 0 unspecified atom stereocenters.